The van der Waals surface area contributed by atoms with Crippen LogP contribution in [0.25, 0.3) is 11.0 Å². The highest BCUT2D eigenvalue weighted by atomic mass is 15.1. The fourth-order valence-electron chi connectivity index (χ4n) is 2.64. The maximum atomic E-state index is 9.43. The first-order valence-corrected chi connectivity index (χ1v) is 6.91. The first kappa shape index (κ1) is 13.9. The van der Waals surface area contributed by atoms with Gasteiger partial charge in [-0.05, 0) is 12.5 Å². The predicted molar refractivity (Wildman–Crippen MR) is 86.5 cm³/mol. The minimum absolute atomic E-state index is 0.410. The zero-order valence-corrected chi connectivity index (χ0v) is 12.5. The van der Waals surface area contributed by atoms with Crippen molar-refractivity contribution in [1.82, 2.24) is 14.5 Å². The molecule has 0 spiro atoms. The van der Waals surface area contributed by atoms with Gasteiger partial charge in [0.15, 0.2) is 0 Å². The Hall–Kier alpha value is -3.07. The number of benzene rings is 1. The van der Waals surface area contributed by atoms with E-state index < -0.39 is 0 Å². The van der Waals surface area contributed by atoms with Crippen molar-refractivity contribution in [2.24, 2.45) is 0 Å². The van der Waals surface area contributed by atoms with E-state index in [0.717, 1.165) is 5.56 Å². The van der Waals surface area contributed by atoms with E-state index >= 15 is 0 Å². The molecule has 6 heteroatoms. The van der Waals surface area contributed by atoms with E-state index in [9.17, 15) is 5.26 Å². The first-order chi connectivity index (χ1) is 10.7. The molecule has 0 saturated heterocycles. The molecular weight excluding hydrogens is 276 g/mol. The molecule has 3 aromatic rings. The molecule has 0 aliphatic rings. The third-order valence-electron chi connectivity index (χ3n) is 3.65. The van der Waals surface area contributed by atoms with Crippen LogP contribution < -0.4 is 11.1 Å². The summed E-state index contributed by atoms with van der Waals surface area (Å²) in [6.45, 7) is 2.61. The van der Waals surface area contributed by atoms with Crippen molar-refractivity contribution in [3.63, 3.8) is 0 Å². The van der Waals surface area contributed by atoms with Gasteiger partial charge in [-0.15, -0.1) is 0 Å². The Morgan fingerprint density at radius 1 is 1.36 bits per heavy atom. The van der Waals surface area contributed by atoms with Crippen LogP contribution in [0.3, 0.4) is 0 Å². The number of fused-ring (bicyclic) bond motifs is 1. The molecule has 2 aromatic heterocycles. The van der Waals surface area contributed by atoms with Crippen LogP contribution in [0, 0.1) is 18.3 Å². The highest BCUT2D eigenvalue weighted by Crippen LogP contribution is 2.31. The standard InChI is InChI=1S/C16H16N6/c1-10-4-3-5-11(6-10)8-22-14(18)12(7-17)13-15(19-2)20-9-21-16(13)22/h3-6,9H,8,18H2,1-2H3,(H,19,20,21). The van der Waals surface area contributed by atoms with Crippen molar-refractivity contribution in [1.29, 1.82) is 5.26 Å². The van der Waals surface area contributed by atoms with Gasteiger partial charge in [-0.2, -0.15) is 5.26 Å². The summed E-state index contributed by atoms with van der Waals surface area (Å²) in [5, 5.41) is 13.1. The smallest absolute Gasteiger partial charge is 0.148 e. The molecule has 0 aliphatic carbocycles. The summed E-state index contributed by atoms with van der Waals surface area (Å²) in [4.78, 5) is 8.49. The van der Waals surface area contributed by atoms with E-state index in [1.165, 1.54) is 11.9 Å². The Labute approximate surface area is 128 Å². The summed E-state index contributed by atoms with van der Waals surface area (Å²) in [5.41, 5.74) is 9.54. The molecular formula is C16H16N6. The van der Waals surface area contributed by atoms with Crippen molar-refractivity contribution in [2.75, 3.05) is 18.1 Å². The highest BCUT2D eigenvalue weighted by Gasteiger charge is 2.19. The topological polar surface area (TPSA) is 92.6 Å². The number of aromatic nitrogens is 3. The van der Waals surface area contributed by atoms with Crippen LogP contribution in [0.5, 0.6) is 0 Å². The minimum atomic E-state index is 0.410. The summed E-state index contributed by atoms with van der Waals surface area (Å²) in [6, 6.07) is 10.3. The lowest BCUT2D eigenvalue weighted by atomic mass is 10.1. The third kappa shape index (κ3) is 2.13. The van der Waals surface area contributed by atoms with Crippen LogP contribution >= 0.6 is 0 Å². The Morgan fingerprint density at radius 2 is 2.18 bits per heavy atom. The molecule has 0 aliphatic heterocycles. The van der Waals surface area contributed by atoms with Crippen LogP contribution in [0.1, 0.15) is 16.7 Å². The van der Waals surface area contributed by atoms with Crippen LogP contribution in [0.15, 0.2) is 30.6 Å². The molecule has 0 fully saturated rings. The highest BCUT2D eigenvalue weighted by molar-refractivity contribution is 5.97. The molecule has 0 saturated carbocycles. The van der Waals surface area contributed by atoms with Gasteiger partial charge < -0.3 is 15.6 Å². The predicted octanol–water partition coefficient (Wildman–Crippen LogP) is 2.28. The van der Waals surface area contributed by atoms with E-state index in [1.54, 1.807) is 7.05 Å². The van der Waals surface area contributed by atoms with Gasteiger partial charge in [0, 0.05) is 7.05 Å². The number of nitriles is 1. The normalized spacial score (nSPS) is 10.6. The number of rotatable bonds is 3. The molecule has 2 heterocycles. The minimum Gasteiger partial charge on any atom is -0.384 e. The Kier molecular flexibility index (Phi) is 3.39. The van der Waals surface area contributed by atoms with E-state index in [4.69, 9.17) is 5.73 Å². The van der Waals surface area contributed by atoms with E-state index in [1.807, 2.05) is 29.7 Å². The lowest BCUT2D eigenvalue weighted by Crippen LogP contribution is -2.05. The number of nitrogen functional groups attached to an aromatic ring is 1. The molecule has 6 nitrogen and oxygen atoms in total. The number of anilines is 2. The molecule has 0 atom stereocenters. The number of nitrogens with one attached hydrogen (secondary N) is 1. The van der Waals surface area contributed by atoms with Crippen molar-refractivity contribution < 1.29 is 0 Å². The molecule has 0 amide bonds. The van der Waals surface area contributed by atoms with Gasteiger partial charge in [-0.25, -0.2) is 9.97 Å². The molecule has 0 unspecified atom stereocenters. The second kappa shape index (κ2) is 5.37. The average molecular weight is 292 g/mol. The number of nitrogens with zero attached hydrogens (tertiary/aromatic N) is 4. The Balaban J connectivity index is 2.22. The molecule has 0 radical (unpaired) electrons. The Morgan fingerprint density at radius 3 is 2.86 bits per heavy atom. The lowest BCUT2D eigenvalue weighted by molar-refractivity contribution is 0.833. The lowest BCUT2D eigenvalue weighted by Gasteiger charge is -2.08. The average Bonchev–Trinajstić information content (AvgIpc) is 2.79. The fourth-order valence-corrected chi connectivity index (χ4v) is 2.64. The quantitative estimate of drug-likeness (QED) is 0.772. The van der Waals surface area contributed by atoms with Gasteiger partial charge in [0.2, 0.25) is 0 Å². The zero-order chi connectivity index (χ0) is 15.7. The summed E-state index contributed by atoms with van der Waals surface area (Å²) >= 11 is 0. The van der Waals surface area contributed by atoms with Gasteiger partial charge in [0.05, 0.1) is 11.9 Å². The molecule has 1 aromatic carbocycles. The molecule has 110 valence electrons. The van der Waals surface area contributed by atoms with Crippen LogP contribution in [-0.2, 0) is 6.54 Å². The van der Waals surface area contributed by atoms with Crippen LogP contribution in [0.2, 0.25) is 0 Å². The van der Waals surface area contributed by atoms with E-state index in [0.29, 0.717) is 34.8 Å². The molecule has 3 rings (SSSR count). The van der Waals surface area contributed by atoms with Crippen LogP contribution in [-0.4, -0.2) is 21.6 Å². The first-order valence-electron chi connectivity index (χ1n) is 6.91. The van der Waals surface area contributed by atoms with Gasteiger partial charge >= 0.3 is 0 Å². The Bertz CT molecular complexity index is 888. The van der Waals surface area contributed by atoms with Gasteiger partial charge in [-0.3, -0.25) is 0 Å². The second-order valence-electron chi connectivity index (χ2n) is 5.12. The zero-order valence-electron chi connectivity index (χ0n) is 12.5. The molecule has 22 heavy (non-hydrogen) atoms. The van der Waals surface area contributed by atoms with E-state index in [-0.39, 0.29) is 0 Å². The van der Waals surface area contributed by atoms with Crippen molar-refractivity contribution >= 4 is 22.7 Å². The van der Waals surface area contributed by atoms with E-state index in [2.05, 4.69) is 27.4 Å². The third-order valence-corrected chi connectivity index (χ3v) is 3.65. The van der Waals surface area contributed by atoms with Crippen molar-refractivity contribution in [2.45, 2.75) is 13.5 Å². The summed E-state index contributed by atoms with van der Waals surface area (Å²) in [5.74, 6) is 1.02. The number of aryl methyl sites for hydroxylation is 1. The van der Waals surface area contributed by atoms with Gasteiger partial charge in [-0.1, -0.05) is 29.8 Å². The number of hydrogen-bond donors (Lipinski definition) is 2. The second-order valence-corrected chi connectivity index (χ2v) is 5.12. The molecule has 3 N–H and O–H groups in total. The van der Waals surface area contributed by atoms with Crippen molar-refractivity contribution in [3.05, 3.63) is 47.3 Å². The monoisotopic (exact) mass is 292 g/mol. The van der Waals surface area contributed by atoms with Crippen molar-refractivity contribution in [3.8, 4) is 6.07 Å². The summed E-state index contributed by atoms with van der Waals surface area (Å²) < 4.78 is 1.85. The number of hydrogen-bond acceptors (Lipinski definition) is 5. The van der Waals surface area contributed by atoms with Crippen LogP contribution in [0.4, 0.5) is 11.6 Å². The maximum absolute atomic E-state index is 9.43. The molecule has 0 bridgehead atoms. The summed E-state index contributed by atoms with van der Waals surface area (Å²) in [7, 11) is 1.76. The maximum Gasteiger partial charge on any atom is 0.148 e. The summed E-state index contributed by atoms with van der Waals surface area (Å²) in [6.07, 6.45) is 1.47. The number of nitrogens with two attached hydrogens (primary N) is 1. The fraction of sp³-hybridized carbons (Fsp3) is 0.188. The SMILES string of the molecule is CNc1ncnc2c1c(C#N)c(N)n2Cc1cccc(C)c1. The van der Waals surface area contributed by atoms with Gasteiger partial charge in [0.25, 0.3) is 0 Å². The van der Waals surface area contributed by atoms with Gasteiger partial charge in [0.1, 0.15) is 35.2 Å². The largest absolute Gasteiger partial charge is 0.384 e.